The number of para-hydroxylation sites is 1. The second-order valence-corrected chi connectivity index (χ2v) is 6.34. The highest BCUT2D eigenvalue weighted by atomic mass is 35.5. The lowest BCUT2D eigenvalue weighted by atomic mass is 10.1. The van der Waals surface area contributed by atoms with E-state index in [1.165, 1.54) is 25.3 Å². The molecule has 0 spiro atoms. The number of rotatable bonds is 5. The zero-order chi connectivity index (χ0) is 18.7. The predicted octanol–water partition coefficient (Wildman–Crippen LogP) is 4.11. The van der Waals surface area contributed by atoms with Gasteiger partial charge in [-0.25, -0.2) is 0 Å². The molecule has 0 radical (unpaired) electrons. The van der Waals surface area contributed by atoms with Crippen molar-refractivity contribution in [2.45, 2.75) is 12.8 Å². The van der Waals surface area contributed by atoms with Gasteiger partial charge in [-0.1, -0.05) is 17.7 Å². The van der Waals surface area contributed by atoms with Crippen LogP contribution in [-0.2, 0) is 0 Å². The van der Waals surface area contributed by atoms with Crippen molar-refractivity contribution in [3.8, 4) is 5.75 Å². The largest absolute Gasteiger partial charge is 0.490 e. The molecule has 1 heterocycles. The molecule has 8 heteroatoms. The SMILES string of the molecule is COc1ccc(C(=O)Nc2cccc(Cl)c2N2CCCC2)cc1[N+](=O)[O-]. The van der Waals surface area contributed by atoms with E-state index >= 15 is 0 Å². The number of nitrogens with zero attached hydrogens (tertiary/aromatic N) is 2. The molecule has 1 saturated heterocycles. The molecule has 0 bridgehead atoms. The molecule has 0 atom stereocenters. The molecule has 2 aromatic carbocycles. The van der Waals surface area contributed by atoms with E-state index in [1.54, 1.807) is 18.2 Å². The summed E-state index contributed by atoms with van der Waals surface area (Å²) in [5.41, 5.74) is 1.28. The van der Waals surface area contributed by atoms with Crippen molar-refractivity contribution in [2.24, 2.45) is 0 Å². The average molecular weight is 376 g/mol. The number of nitro groups is 1. The molecule has 0 aliphatic carbocycles. The maximum Gasteiger partial charge on any atom is 0.311 e. The van der Waals surface area contributed by atoms with Crippen molar-refractivity contribution in [3.63, 3.8) is 0 Å². The molecule has 26 heavy (non-hydrogen) atoms. The van der Waals surface area contributed by atoms with Gasteiger partial charge in [0, 0.05) is 24.7 Å². The van der Waals surface area contributed by atoms with Gasteiger partial charge in [0.15, 0.2) is 5.75 Å². The minimum atomic E-state index is -0.579. The predicted molar refractivity (Wildman–Crippen MR) is 101 cm³/mol. The molecule has 1 amide bonds. The minimum absolute atomic E-state index is 0.104. The lowest BCUT2D eigenvalue weighted by Gasteiger charge is -2.23. The van der Waals surface area contributed by atoms with Crippen molar-refractivity contribution in [1.29, 1.82) is 0 Å². The van der Waals surface area contributed by atoms with Crippen LogP contribution in [0.25, 0.3) is 0 Å². The first-order valence-electron chi connectivity index (χ1n) is 8.18. The molecule has 7 nitrogen and oxygen atoms in total. The minimum Gasteiger partial charge on any atom is -0.490 e. The summed E-state index contributed by atoms with van der Waals surface area (Å²) in [4.78, 5) is 25.3. The van der Waals surface area contributed by atoms with Crippen molar-refractivity contribution in [1.82, 2.24) is 0 Å². The van der Waals surface area contributed by atoms with Crippen LogP contribution in [0.2, 0.25) is 5.02 Å². The Morgan fingerprint density at radius 1 is 1.27 bits per heavy atom. The average Bonchev–Trinajstić information content (AvgIpc) is 3.15. The fraction of sp³-hybridized carbons (Fsp3) is 0.278. The van der Waals surface area contributed by atoms with E-state index in [4.69, 9.17) is 16.3 Å². The van der Waals surface area contributed by atoms with Crippen LogP contribution in [0, 0.1) is 10.1 Å². The van der Waals surface area contributed by atoms with Crippen molar-refractivity contribution in [3.05, 3.63) is 57.1 Å². The van der Waals surface area contributed by atoms with Gasteiger partial charge in [-0.05, 0) is 37.1 Å². The van der Waals surface area contributed by atoms with Crippen LogP contribution in [0.15, 0.2) is 36.4 Å². The molecule has 1 aliphatic rings. The van der Waals surface area contributed by atoms with Gasteiger partial charge in [-0.15, -0.1) is 0 Å². The van der Waals surface area contributed by atoms with Gasteiger partial charge in [0.05, 0.1) is 28.4 Å². The highest BCUT2D eigenvalue weighted by Gasteiger charge is 2.22. The van der Waals surface area contributed by atoms with E-state index in [1.807, 2.05) is 0 Å². The third-order valence-corrected chi connectivity index (χ3v) is 4.60. The van der Waals surface area contributed by atoms with Gasteiger partial charge in [0.1, 0.15) is 0 Å². The van der Waals surface area contributed by atoms with Crippen molar-refractivity contribution in [2.75, 3.05) is 30.4 Å². The number of nitro benzene ring substituents is 1. The van der Waals surface area contributed by atoms with Gasteiger partial charge < -0.3 is 15.0 Å². The highest BCUT2D eigenvalue weighted by Crippen LogP contribution is 2.36. The summed E-state index contributed by atoms with van der Waals surface area (Å²) in [7, 11) is 1.34. The monoisotopic (exact) mass is 375 g/mol. The zero-order valence-electron chi connectivity index (χ0n) is 14.2. The lowest BCUT2D eigenvalue weighted by molar-refractivity contribution is -0.385. The quantitative estimate of drug-likeness (QED) is 0.628. The van der Waals surface area contributed by atoms with E-state index < -0.39 is 10.8 Å². The van der Waals surface area contributed by atoms with Crippen LogP contribution in [0.5, 0.6) is 5.75 Å². The topological polar surface area (TPSA) is 84.7 Å². The fourth-order valence-corrected chi connectivity index (χ4v) is 3.34. The summed E-state index contributed by atoms with van der Waals surface area (Å²) < 4.78 is 4.96. The maximum absolute atomic E-state index is 12.6. The van der Waals surface area contributed by atoms with Crippen molar-refractivity contribution >= 4 is 34.6 Å². The number of benzene rings is 2. The molecule has 1 N–H and O–H groups in total. The second kappa shape index (κ2) is 7.61. The Kier molecular flexibility index (Phi) is 5.27. The van der Waals surface area contributed by atoms with Crippen LogP contribution >= 0.6 is 11.6 Å². The molecular formula is C18H18ClN3O4. The first kappa shape index (κ1) is 18.0. The van der Waals surface area contributed by atoms with Gasteiger partial charge in [0.2, 0.25) is 0 Å². The molecule has 1 aliphatic heterocycles. The first-order valence-corrected chi connectivity index (χ1v) is 8.56. The Balaban J connectivity index is 1.90. The Bertz CT molecular complexity index is 850. The van der Waals surface area contributed by atoms with E-state index in [-0.39, 0.29) is 17.0 Å². The number of ether oxygens (including phenoxy) is 1. The summed E-state index contributed by atoms with van der Waals surface area (Å²) >= 11 is 6.35. The first-order chi connectivity index (χ1) is 12.5. The number of carbonyl (C=O) groups is 1. The molecule has 3 rings (SSSR count). The van der Waals surface area contributed by atoms with Crippen LogP contribution in [-0.4, -0.2) is 31.0 Å². The van der Waals surface area contributed by atoms with E-state index in [2.05, 4.69) is 10.2 Å². The van der Waals surface area contributed by atoms with Crippen LogP contribution in [0.1, 0.15) is 23.2 Å². The summed E-state index contributed by atoms with van der Waals surface area (Å²) in [6.45, 7) is 1.75. The van der Waals surface area contributed by atoms with E-state index in [9.17, 15) is 14.9 Å². The number of methoxy groups -OCH3 is 1. The molecule has 0 aromatic heterocycles. The number of halogens is 1. The van der Waals surface area contributed by atoms with Gasteiger partial charge in [-0.3, -0.25) is 14.9 Å². The van der Waals surface area contributed by atoms with E-state index in [0.717, 1.165) is 31.6 Å². The zero-order valence-corrected chi connectivity index (χ0v) is 15.0. The number of anilines is 2. The van der Waals surface area contributed by atoms with Gasteiger partial charge in [-0.2, -0.15) is 0 Å². The molecular weight excluding hydrogens is 358 g/mol. The number of amides is 1. The maximum atomic E-state index is 12.6. The van der Waals surface area contributed by atoms with Crippen LogP contribution in [0.4, 0.5) is 17.1 Å². The Hall–Kier alpha value is -2.80. The third kappa shape index (κ3) is 3.57. The van der Waals surface area contributed by atoms with Crippen molar-refractivity contribution < 1.29 is 14.5 Å². The van der Waals surface area contributed by atoms with Crippen LogP contribution < -0.4 is 15.0 Å². The Morgan fingerprint density at radius 3 is 2.65 bits per heavy atom. The highest BCUT2D eigenvalue weighted by molar-refractivity contribution is 6.34. The van der Waals surface area contributed by atoms with Gasteiger partial charge in [0.25, 0.3) is 5.91 Å². The molecule has 0 unspecified atom stereocenters. The number of hydrogen-bond donors (Lipinski definition) is 1. The smallest absolute Gasteiger partial charge is 0.311 e. The van der Waals surface area contributed by atoms with Gasteiger partial charge >= 0.3 is 5.69 Å². The normalized spacial score (nSPS) is 13.5. The summed E-state index contributed by atoms with van der Waals surface area (Å²) in [5, 5.41) is 14.5. The van der Waals surface area contributed by atoms with Crippen LogP contribution in [0.3, 0.4) is 0 Å². The summed E-state index contributed by atoms with van der Waals surface area (Å²) in [6, 6.07) is 9.41. The standard InChI is InChI=1S/C18H18ClN3O4/c1-26-16-8-7-12(11-15(16)22(24)25)18(23)20-14-6-4-5-13(19)17(14)21-9-2-3-10-21/h4-8,11H,2-3,9-10H2,1H3,(H,20,23). The molecule has 2 aromatic rings. The third-order valence-electron chi connectivity index (χ3n) is 4.30. The molecule has 0 saturated carbocycles. The Labute approximate surface area is 155 Å². The Morgan fingerprint density at radius 2 is 2.00 bits per heavy atom. The number of hydrogen-bond acceptors (Lipinski definition) is 5. The van der Waals surface area contributed by atoms with E-state index in [0.29, 0.717) is 10.7 Å². The lowest BCUT2D eigenvalue weighted by Crippen LogP contribution is -2.21. The molecule has 1 fully saturated rings. The second-order valence-electron chi connectivity index (χ2n) is 5.93. The number of nitrogens with one attached hydrogen (secondary N) is 1. The molecule has 136 valence electrons. The number of carbonyl (C=O) groups excluding carboxylic acids is 1. The fourth-order valence-electron chi connectivity index (χ4n) is 3.05. The summed E-state index contributed by atoms with van der Waals surface area (Å²) in [6.07, 6.45) is 2.15. The summed E-state index contributed by atoms with van der Waals surface area (Å²) in [5.74, 6) is -0.342.